The number of rotatable bonds is 8. The van der Waals surface area contributed by atoms with Gasteiger partial charge in [0.2, 0.25) is 0 Å². The van der Waals surface area contributed by atoms with E-state index >= 15 is 0 Å². The number of aromatic nitrogens is 3. The van der Waals surface area contributed by atoms with E-state index in [1.54, 1.807) is 0 Å². The zero-order chi connectivity index (χ0) is 18.2. The second-order valence-electron chi connectivity index (χ2n) is 8.41. The van der Waals surface area contributed by atoms with Crippen molar-refractivity contribution >= 4 is 0 Å². The number of ether oxygens (including phenoxy) is 1. The first-order valence-electron chi connectivity index (χ1n) is 9.27. The minimum absolute atomic E-state index is 0.371. The van der Waals surface area contributed by atoms with Gasteiger partial charge in [0.05, 0.1) is 25.9 Å². The van der Waals surface area contributed by atoms with Gasteiger partial charge < -0.3 is 14.4 Å². The molecule has 25 heavy (non-hydrogen) atoms. The predicted molar refractivity (Wildman–Crippen MR) is 97.0 cm³/mol. The molecule has 3 aliphatic rings. The summed E-state index contributed by atoms with van der Waals surface area (Å²) >= 11 is 0. The van der Waals surface area contributed by atoms with Gasteiger partial charge in [-0.1, -0.05) is 19.9 Å². The Morgan fingerprint density at radius 1 is 1.44 bits per heavy atom. The molecular formula is C19H32N4O2. The van der Waals surface area contributed by atoms with Gasteiger partial charge in [0.25, 0.3) is 0 Å². The van der Waals surface area contributed by atoms with Crippen LogP contribution in [-0.2, 0) is 18.3 Å². The molecule has 0 aliphatic heterocycles. The smallest absolute Gasteiger partial charge is 0.146 e. The summed E-state index contributed by atoms with van der Waals surface area (Å²) in [7, 11) is 3.94. The summed E-state index contributed by atoms with van der Waals surface area (Å²) < 4.78 is 7.80. The molecule has 0 spiro atoms. The Labute approximate surface area is 150 Å². The largest absolute Gasteiger partial charge is 0.389 e. The molecule has 0 amide bonds. The lowest BCUT2D eigenvalue weighted by atomic mass is 9.49. The SMILES string of the molecule is Cc1nnc(CN(C)CC(O)COCC2=CCC3CC2C3(C)C)n1C. The van der Waals surface area contributed by atoms with Gasteiger partial charge in [0, 0.05) is 13.6 Å². The Hall–Kier alpha value is -1.24. The van der Waals surface area contributed by atoms with E-state index in [0.717, 1.165) is 17.6 Å². The van der Waals surface area contributed by atoms with Crippen LogP contribution in [0.15, 0.2) is 11.6 Å². The van der Waals surface area contributed by atoms with Crippen LogP contribution in [0, 0.1) is 24.2 Å². The average molecular weight is 348 g/mol. The highest BCUT2D eigenvalue weighted by molar-refractivity contribution is 5.23. The standard InChI is InChI=1S/C19H32N4O2/c1-13-20-21-18(23(13)5)10-22(4)9-16(24)12-25-11-14-6-7-15-8-17(14)19(15,2)3/h6,15-17,24H,7-12H2,1-5H3. The molecule has 6 nitrogen and oxygen atoms in total. The van der Waals surface area contributed by atoms with Gasteiger partial charge in [-0.25, -0.2) is 0 Å². The molecule has 1 saturated carbocycles. The quantitative estimate of drug-likeness (QED) is 0.727. The van der Waals surface area contributed by atoms with Gasteiger partial charge in [-0.3, -0.25) is 4.90 Å². The summed E-state index contributed by atoms with van der Waals surface area (Å²) in [5, 5.41) is 18.5. The fourth-order valence-electron chi connectivity index (χ4n) is 4.26. The number of fused-ring (bicyclic) bond motifs is 1. The lowest BCUT2D eigenvalue weighted by Gasteiger charge is -2.56. The highest BCUT2D eigenvalue weighted by Gasteiger charge is 2.50. The van der Waals surface area contributed by atoms with Gasteiger partial charge in [-0.2, -0.15) is 0 Å². The van der Waals surface area contributed by atoms with Crippen LogP contribution in [0.1, 0.15) is 38.3 Å². The first-order valence-corrected chi connectivity index (χ1v) is 9.27. The molecule has 0 aromatic carbocycles. The lowest BCUT2D eigenvalue weighted by molar-refractivity contribution is -0.0258. The van der Waals surface area contributed by atoms with Gasteiger partial charge in [-0.15, -0.1) is 10.2 Å². The topological polar surface area (TPSA) is 63.4 Å². The molecule has 1 aromatic heterocycles. The Morgan fingerprint density at radius 3 is 2.80 bits per heavy atom. The molecule has 1 fully saturated rings. The number of aryl methyl sites for hydroxylation is 1. The average Bonchev–Trinajstić information content (AvgIpc) is 2.86. The first-order chi connectivity index (χ1) is 11.8. The van der Waals surface area contributed by atoms with Crippen molar-refractivity contribution in [3.05, 3.63) is 23.3 Å². The highest BCUT2D eigenvalue weighted by Crippen LogP contribution is 2.59. The summed E-state index contributed by atoms with van der Waals surface area (Å²) in [5.41, 5.74) is 1.86. The van der Waals surface area contributed by atoms with E-state index in [1.165, 1.54) is 18.4 Å². The zero-order valence-electron chi connectivity index (χ0n) is 16.2. The number of likely N-dealkylation sites (N-methyl/N-ethyl adjacent to an activating group) is 1. The van der Waals surface area contributed by atoms with Crippen LogP contribution in [0.3, 0.4) is 0 Å². The van der Waals surface area contributed by atoms with Crippen LogP contribution in [0.2, 0.25) is 0 Å². The minimum Gasteiger partial charge on any atom is -0.389 e. The molecule has 0 saturated heterocycles. The zero-order valence-corrected chi connectivity index (χ0v) is 16.2. The number of aliphatic hydroxyl groups excluding tert-OH is 1. The van der Waals surface area contributed by atoms with E-state index in [1.807, 2.05) is 25.6 Å². The monoisotopic (exact) mass is 348 g/mol. The second-order valence-corrected chi connectivity index (χ2v) is 8.41. The maximum Gasteiger partial charge on any atom is 0.146 e. The van der Waals surface area contributed by atoms with Crippen molar-refractivity contribution in [2.75, 3.05) is 26.8 Å². The van der Waals surface area contributed by atoms with Crippen LogP contribution >= 0.6 is 0 Å². The Kier molecular flexibility index (Phi) is 5.32. The van der Waals surface area contributed by atoms with Gasteiger partial charge in [0.1, 0.15) is 11.6 Å². The molecule has 1 aromatic rings. The molecule has 4 rings (SSSR count). The van der Waals surface area contributed by atoms with Crippen molar-refractivity contribution in [1.29, 1.82) is 0 Å². The Bertz CT molecular complexity index is 637. The third-order valence-electron chi connectivity index (χ3n) is 6.28. The van der Waals surface area contributed by atoms with Crippen LogP contribution in [0.5, 0.6) is 0 Å². The molecule has 3 unspecified atom stereocenters. The first kappa shape index (κ1) is 18.5. The summed E-state index contributed by atoms with van der Waals surface area (Å²) in [6.45, 7) is 8.93. The summed E-state index contributed by atoms with van der Waals surface area (Å²) in [6.07, 6.45) is 4.36. The number of hydrogen-bond acceptors (Lipinski definition) is 5. The van der Waals surface area contributed by atoms with E-state index in [4.69, 9.17) is 4.74 Å². The lowest BCUT2D eigenvalue weighted by Crippen LogP contribution is -2.48. The Balaban J connectivity index is 1.39. The van der Waals surface area contributed by atoms with E-state index in [9.17, 15) is 5.11 Å². The van der Waals surface area contributed by atoms with E-state index < -0.39 is 6.10 Å². The number of nitrogens with zero attached hydrogens (tertiary/aromatic N) is 4. The maximum absolute atomic E-state index is 10.3. The maximum atomic E-state index is 10.3. The molecule has 140 valence electrons. The highest BCUT2D eigenvalue weighted by atomic mass is 16.5. The predicted octanol–water partition coefficient (Wildman–Crippen LogP) is 1.93. The summed E-state index contributed by atoms with van der Waals surface area (Å²) in [4.78, 5) is 2.05. The van der Waals surface area contributed by atoms with Crippen molar-refractivity contribution in [1.82, 2.24) is 19.7 Å². The molecule has 0 radical (unpaired) electrons. The number of allylic oxidation sites excluding steroid dienone is 1. The fraction of sp³-hybridized carbons (Fsp3) is 0.789. The molecule has 1 heterocycles. The van der Waals surface area contributed by atoms with Crippen molar-refractivity contribution < 1.29 is 9.84 Å². The third-order valence-corrected chi connectivity index (χ3v) is 6.28. The number of aliphatic hydroxyl groups is 1. The minimum atomic E-state index is -0.495. The molecular weight excluding hydrogens is 316 g/mol. The normalized spacial score (nSPS) is 25.6. The van der Waals surface area contributed by atoms with E-state index in [0.29, 0.717) is 37.6 Å². The van der Waals surface area contributed by atoms with Gasteiger partial charge in [-0.05, 0) is 49.6 Å². The van der Waals surface area contributed by atoms with Crippen molar-refractivity contribution in [3.8, 4) is 0 Å². The molecule has 1 N–H and O–H groups in total. The summed E-state index contributed by atoms with van der Waals surface area (Å²) in [5.74, 6) is 3.33. The summed E-state index contributed by atoms with van der Waals surface area (Å²) in [6, 6.07) is 0. The molecule has 6 heteroatoms. The van der Waals surface area contributed by atoms with Crippen molar-refractivity contribution in [3.63, 3.8) is 0 Å². The van der Waals surface area contributed by atoms with E-state index in [2.05, 4.69) is 35.0 Å². The molecule has 3 aliphatic carbocycles. The Morgan fingerprint density at radius 2 is 2.20 bits per heavy atom. The van der Waals surface area contributed by atoms with Gasteiger partial charge in [0.15, 0.2) is 0 Å². The molecule has 2 bridgehead atoms. The van der Waals surface area contributed by atoms with Crippen molar-refractivity contribution in [2.24, 2.45) is 24.3 Å². The third kappa shape index (κ3) is 3.81. The van der Waals surface area contributed by atoms with Crippen molar-refractivity contribution in [2.45, 2.75) is 46.3 Å². The molecule has 3 atom stereocenters. The van der Waals surface area contributed by atoms with Crippen LogP contribution in [0.25, 0.3) is 0 Å². The fourth-order valence-corrected chi connectivity index (χ4v) is 4.26. The second kappa shape index (κ2) is 7.17. The van der Waals surface area contributed by atoms with Crippen LogP contribution < -0.4 is 0 Å². The number of hydrogen-bond donors (Lipinski definition) is 1. The van der Waals surface area contributed by atoms with Gasteiger partial charge >= 0.3 is 0 Å². The van der Waals surface area contributed by atoms with Crippen LogP contribution in [0.4, 0.5) is 0 Å². The van der Waals surface area contributed by atoms with E-state index in [-0.39, 0.29) is 0 Å². The van der Waals surface area contributed by atoms with Crippen LogP contribution in [-0.4, -0.2) is 57.7 Å².